The summed E-state index contributed by atoms with van der Waals surface area (Å²) in [5.74, 6) is 1.16. The van der Waals surface area contributed by atoms with Gasteiger partial charge in [-0.05, 0) is 51.6 Å². The summed E-state index contributed by atoms with van der Waals surface area (Å²) >= 11 is 0. The van der Waals surface area contributed by atoms with Crippen LogP contribution in [0.5, 0.6) is 0 Å². The summed E-state index contributed by atoms with van der Waals surface area (Å²) in [6, 6.07) is 1.10. The fourth-order valence-corrected chi connectivity index (χ4v) is 4.38. The van der Waals surface area contributed by atoms with Gasteiger partial charge in [0.25, 0.3) is 0 Å². The molecule has 20 heavy (non-hydrogen) atoms. The second kappa shape index (κ2) is 6.44. The number of amides is 1. The highest BCUT2D eigenvalue weighted by Crippen LogP contribution is 2.35. The van der Waals surface area contributed by atoms with Crippen LogP contribution >= 0.6 is 0 Å². The van der Waals surface area contributed by atoms with E-state index in [1.165, 1.54) is 44.9 Å². The van der Waals surface area contributed by atoms with Crippen LogP contribution < -0.4 is 5.32 Å². The van der Waals surface area contributed by atoms with Crippen LogP contribution in [0.4, 0.5) is 0 Å². The zero-order valence-corrected chi connectivity index (χ0v) is 12.8. The highest BCUT2D eigenvalue weighted by atomic mass is 16.2. The monoisotopic (exact) mass is 279 g/mol. The van der Waals surface area contributed by atoms with Gasteiger partial charge in [-0.25, -0.2) is 0 Å². The first-order valence-corrected chi connectivity index (χ1v) is 8.46. The van der Waals surface area contributed by atoms with Crippen molar-refractivity contribution < 1.29 is 4.79 Å². The van der Waals surface area contributed by atoms with Crippen molar-refractivity contribution in [2.75, 3.05) is 33.2 Å². The molecule has 1 saturated carbocycles. The number of carbonyl (C=O) groups excluding carboxylic acids is 1. The number of nitrogens with one attached hydrogen (secondary N) is 1. The third kappa shape index (κ3) is 3.01. The topological polar surface area (TPSA) is 35.6 Å². The van der Waals surface area contributed by atoms with Crippen LogP contribution in [0, 0.1) is 5.92 Å². The molecular weight excluding hydrogens is 250 g/mol. The number of carbonyl (C=O) groups is 1. The van der Waals surface area contributed by atoms with Crippen molar-refractivity contribution in [3.05, 3.63) is 0 Å². The van der Waals surface area contributed by atoms with Crippen LogP contribution in [-0.2, 0) is 4.79 Å². The summed E-state index contributed by atoms with van der Waals surface area (Å²) in [6.07, 6.45) is 9.00. The van der Waals surface area contributed by atoms with Crippen molar-refractivity contribution in [3.8, 4) is 0 Å². The first-order chi connectivity index (χ1) is 9.75. The van der Waals surface area contributed by atoms with E-state index in [1.807, 2.05) is 0 Å². The minimum Gasteiger partial charge on any atom is -0.338 e. The van der Waals surface area contributed by atoms with Crippen molar-refractivity contribution in [3.63, 3.8) is 0 Å². The number of fused-ring (bicyclic) bond motifs is 1. The van der Waals surface area contributed by atoms with Crippen molar-refractivity contribution in [1.82, 2.24) is 15.1 Å². The van der Waals surface area contributed by atoms with Gasteiger partial charge in [0, 0.05) is 25.2 Å². The average Bonchev–Trinajstić information content (AvgIpc) is 3.01. The van der Waals surface area contributed by atoms with E-state index in [-0.39, 0.29) is 0 Å². The second-order valence-electron chi connectivity index (χ2n) is 6.90. The zero-order chi connectivity index (χ0) is 13.9. The molecule has 0 aromatic heterocycles. The van der Waals surface area contributed by atoms with Gasteiger partial charge in [0.15, 0.2) is 0 Å². The fraction of sp³-hybridized carbons (Fsp3) is 0.938. The molecule has 0 aromatic rings. The Morgan fingerprint density at radius 2 is 2.00 bits per heavy atom. The van der Waals surface area contributed by atoms with E-state index >= 15 is 0 Å². The van der Waals surface area contributed by atoms with Gasteiger partial charge in [0.05, 0.1) is 6.54 Å². The molecule has 2 heterocycles. The molecule has 4 heteroatoms. The summed E-state index contributed by atoms with van der Waals surface area (Å²) in [5.41, 5.74) is 0. The maximum atomic E-state index is 12.7. The number of piperidine rings is 1. The number of likely N-dealkylation sites (N-methyl/N-ethyl adjacent to an activating group) is 1. The molecular formula is C16H29N3O. The molecule has 3 unspecified atom stereocenters. The molecule has 3 rings (SSSR count). The Morgan fingerprint density at radius 3 is 2.80 bits per heavy atom. The number of nitrogens with zero attached hydrogens (tertiary/aromatic N) is 2. The zero-order valence-electron chi connectivity index (χ0n) is 12.8. The lowest BCUT2D eigenvalue weighted by Gasteiger charge is -2.44. The Bertz CT molecular complexity index is 339. The van der Waals surface area contributed by atoms with Crippen LogP contribution in [0.3, 0.4) is 0 Å². The standard InChI is InChI=1S/C16H29N3O/c1-18(14-8-9-17-11-14)12-16(20)19-10-4-6-13-5-2-3-7-15(13)19/h13-15,17H,2-12H2,1H3. The fourth-order valence-electron chi connectivity index (χ4n) is 4.38. The largest absolute Gasteiger partial charge is 0.338 e. The van der Waals surface area contributed by atoms with Gasteiger partial charge in [0.1, 0.15) is 0 Å². The van der Waals surface area contributed by atoms with E-state index < -0.39 is 0 Å². The Kier molecular flexibility index (Phi) is 4.61. The summed E-state index contributed by atoms with van der Waals surface area (Å²) in [7, 11) is 2.11. The van der Waals surface area contributed by atoms with Gasteiger partial charge in [-0.1, -0.05) is 12.8 Å². The molecule has 1 amide bonds. The molecule has 2 saturated heterocycles. The first-order valence-electron chi connectivity index (χ1n) is 8.46. The molecule has 1 N–H and O–H groups in total. The molecule has 4 nitrogen and oxygen atoms in total. The minimum absolute atomic E-state index is 0.371. The summed E-state index contributed by atoms with van der Waals surface area (Å²) in [4.78, 5) is 17.2. The van der Waals surface area contributed by atoms with Crippen LogP contribution in [0.25, 0.3) is 0 Å². The smallest absolute Gasteiger partial charge is 0.237 e. The van der Waals surface area contributed by atoms with Crippen LogP contribution in [0.2, 0.25) is 0 Å². The van der Waals surface area contributed by atoms with Crippen molar-refractivity contribution >= 4 is 5.91 Å². The number of hydrogen-bond acceptors (Lipinski definition) is 3. The van der Waals surface area contributed by atoms with E-state index in [0.29, 0.717) is 24.5 Å². The van der Waals surface area contributed by atoms with Gasteiger partial charge in [-0.2, -0.15) is 0 Å². The lowest BCUT2D eigenvalue weighted by Crippen LogP contribution is -2.53. The predicted octanol–water partition coefficient (Wildman–Crippen LogP) is 1.46. The molecule has 2 aliphatic heterocycles. The number of hydrogen-bond donors (Lipinski definition) is 1. The van der Waals surface area contributed by atoms with Gasteiger partial charge in [0.2, 0.25) is 5.91 Å². The van der Waals surface area contributed by atoms with E-state index in [2.05, 4.69) is 22.2 Å². The summed E-state index contributed by atoms with van der Waals surface area (Å²) in [6.45, 7) is 3.74. The number of rotatable bonds is 3. The molecule has 3 fully saturated rings. The lowest BCUT2D eigenvalue weighted by atomic mass is 9.78. The van der Waals surface area contributed by atoms with E-state index in [0.717, 1.165) is 25.6 Å². The molecule has 1 aliphatic carbocycles. The molecule has 0 radical (unpaired) electrons. The highest BCUT2D eigenvalue weighted by molar-refractivity contribution is 5.78. The summed E-state index contributed by atoms with van der Waals surface area (Å²) in [5, 5.41) is 3.38. The van der Waals surface area contributed by atoms with E-state index in [9.17, 15) is 4.79 Å². The third-order valence-corrected chi connectivity index (χ3v) is 5.61. The van der Waals surface area contributed by atoms with Gasteiger partial charge in [-0.3, -0.25) is 9.69 Å². The Balaban J connectivity index is 1.57. The second-order valence-corrected chi connectivity index (χ2v) is 6.90. The van der Waals surface area contributed by atoms with Gasteiger partial charge >= 0.3 is 0 Å². The molecule has 3 aliphatic rings. The highest BCUT2D eigenvalue weighted by Gasteiger charge is 2.36. The molecule has 0 bridgehead atoms. The molecule has 0 spiro atoms. The summed E-state index contributed by atoms with van der Waals surface area (Å²) < 4.78 is 0. The Labute approximate surface area is 122 Å². The van der Waals surface area contributed by atoms with Crippen LogP contribution in [0.1, 0.15) is 44.9 Å². The maximum absolute atomic E-state index is 12.7. The SMILES string of the molecule is CN(CC(=O)N1CCCC2CCCCC21)C1CCNC1. The third-order valence-electron chi connectivity index (χ3n) is 5.61. The minimum atomic E-state index is 0.371. The van der Waals surface area contributed by atoms with Crippen molar-refractivity contribution in [2.45, 2.75) is 57.0 Å². The van der Waals surface area contributed by atoms with Crippen molar-refractivity contribution in [2.24, 2.45) is 5.92 Å². The maximum Gasteiger partial charge on any atom is 0.237 e. The molecule has 3 atom stereocenters. The van der Waals surface area contributed by atoms with Crippen LogP contribution in [-0.4, -0.2) is 61.0 Å². The molecule has 0 aromatic carbocycles. The normalized spacial score (nSPS) is 34.3. The molecule has 114 valence electrons. The predicted molar refractivity (Wildman–Crippen MR) is 80.6 cm³/mol. The first kappa shape index (κ1) is 14.3. The van der Waals surface area contributed by atoms with E-state index in [4.69, 9.17) is 0 Å². The number of likely N-dealkylation sites (tertiary alicyclic amines) is 1. The Morgan fingerprint density at radius 1 is 1.20 bits per heavy atom. The van der Waals surface area contributed by atoms with Crippen LogP contribution in [0.15, 0.2) is 0 Å². The van der Waals surface area contributed by atoms with Crippen molar-refractivity contribution in [1.29, 1.82) is 0 Å². The van der Waals surface area contributed by atoms with Gasteiger partial charge < -0.3 is 10.2 Å². The van der Waals surface area contributed by atoms with Gasteiger partial charge in [-0.15, -0.1) is 0 Å². The van der Waals surface area contributed by atoms with E-state index in [1.54, 1.807) is 0 Å². The Hall–Kier alpha value is -0.610. The average molecular weight is 279 g/mol. The quantitative estimate of drug-likeness (QED) is 0.849. The lowest BCUT2D eigenvalue weighted by molar-refractivity contribution is -0.138.